The van der Waals surface area contributed by atoms with E-state index in [1.165, 1.54) is 7.05 Å². The Morgan fingerprint density at radius 3 is 2.61 bits per heavy atom. The van der Waals surface area contributed by atoms with Crippen molar-refractivity contribution in [2.75, 3.05) is 13.1 Å². The van der Waals surface area contributed by atoms with E-state index in [1.807, 2.05) is 0 Å². The number of rotatable bonds is 2. The molecule has 1 saturated carbocycles. The molecule has 0 atom stereocenters. The number of hydrogen-bond acceptors (Lipinski definition) is 3. The van der Waals surface area contributed by atoms with Crippen LogP contribution in [0, 0.1) is 5.41 Å². The normalized spacial score (nSPS) is 22.7. The van der Waals surface area contributed by atoms with Gasteiger partial charge in [0.1, 0.15) is 6.10 Å². The van der Waals surface area contributed by atoms with Gasteiger partial charge in [-0.15, -0.1) is 0 Å². The first-order valence-corrected chi connectivity index (χ1v) is 5.86. The predicted molar refractivity (Wildman–Crippen MR) is 57.2 cm³/mol. The Kier molecular flexibility index (Phi) is 2.38. The molecule has 18 heavy (non-hydrogen) atoms. The molecule has 1 saturated heterocycles. The summed E-state index contributed by atoms with van der Waals surface area (Å²) in [4.78, 5) is 0. The summed E-state index contributed by atoms with van der Waals surface area (Å²) in [5.41, 5.74) is -0.527. The molecular weight excluding hydrogens is 247 g/mol. The standard InChI is InChI=1S/C11H14F3N3O/c1-17-9(11(12,13)14)8(4-16-17)18-7-2-10(3-7)5-15-6-10/h4,7,15H,2-3,5-6H2,1H3. The summed E-state index contributed by atoms with van der Waals surface area (Å²) < 4.78 is 44.6. The van der Waals surface area contributed by atoms with Crippen molar-refractivity contribution in [3.05, 3.63) is 11.9 Å². The first kappa shape index (κ1) is 11.8. The molecular formula is C11H14F3N3O. The molecule has 0 unspecified atom stereocenters. The van der Waals surface area contributed by atoms with Crippen LogP contribution >= 0.6 is 0 Å². The number of aryl methyl sites for hydroxylation is 1. The van der Waals surface area contributed by atoms with Crippen LogP contribution in [0.5, 0.6) is 5.75 Å². The molecule has 4 nitrogen and oxygen atoms in total. The lowest BCUT2D eigenvalue weighted by Crippen LogP contribution is -2.62. The largest absolute Gasteiger partial charge is 0.486 e. The van der Waals surface area contributed by atoms with Crippen molar-refractivity contribution in [3.8, 4) is 5.75 Å². The van der Waals surface area contributed by atoms with Gasteiger partial charge in [-0.25, -0.2) is 0 Å². The molecule has 7 heteroatoms. The van der Waals surface area contributed by atoms with Crippen LogP contribution in [0.3, 0.4) is 0 Å². The quantitative estimate of drug-likeness (QED) is 0.878. The van der Waals surface area contributed by atoms with Gasteiger partial charge in [0.25, 0.3) is 0 Å². The van der Waals surface area contributed by atoms with Gasteiger partial charge in [-0.05, 0) is 12.8 Å². The van der Waals surface area contributed by atoms with Gasteiger partial charge in [0.15, 0.2) is 11.4 Å². The van der Waals surface area contributed by atoms with E-state index in [4.69, 9.17) is 4.74 Å². The van der Waals surface area contributed by atoms with E-state index in [0.29, 0.717) is 0 Å². The highest BCUT2D eigenvalue weighted by Gasteiger charge is 2.50. The van der Waals surface area contributed by atoms with Crippen LogP contribution in [0.2, 0.25) is 0 Å². The van der Waals surface area contributed by atoms with E-state index >= 15 is 0 Å². The summed E-state index contributed by atoms with van der Waals surface area (Å²) >= 11 is 0. The van der Waals surface area contributed by atoms with Crippen LogP contribution < -0.4 is 10.1 Å². The summed E-state index contributed by atoms with van der Waals surface area (Å²) in [7, 11) is 1.27. The monoisotopic (exact) mass is 261 g/mol. The lowest BCUT2D eigenvalue weighted by atomic mass is 9.63. The number of nitrogens with zero attached hydrogens (tertiary/aromatic N) is 2. The van der Waals surface area contributed by atoms with E-state index < -0.39 is 11.9 Å². The predicted octanol–water partition coefficient (Wildman–Crippen LogP) is 1.57. The Morgan fingerprint density at radius 1 is 1.44 bits per heavy atom. The average molecular weight is 261 g/mol. The molecule has 0 amide bonds. The third-order valence-electron chi connectivity index (χ3n) is 3.79. The molecule has 3 rings (SSSR count). The van der Waals surface area contributed by atoms with Crippen LogP contribution in [0.4, 0.5) is 13.2 Å². The molecule has 1 aliphatic heterocycles. The summed E-state index contributed by atoms with van der Waals surface area (Å²) in [5, 5.41) is 6.80. The number of halogens is 3. The Balaban J connectivity index is 1.70. The molecule has 1 aromatic heterocycles. The Hall–Kier alpha value is -1.24. The minimum absolute atomic E-state index is 0.114. The number of hydrogen-bond donors (Lipinski definition) is 1. The number of ether oxygens (including phenoxy) is 1. The number of alkyl halides is 3. The number of aromatic nitrogens is 2. The highest BCUT2D eigenvalue weighted by atomic mass is 19.4. The molecule has 0 aromatic carbocycles. The van der Waals surface area contributed by atoms with Gasteiger partial charge in [0.2, 0.25) is 0 Å². The molecule has 1 N–H and O–H groups in total. The Morgan fingerprint density at radius 2 is 2.11 bits per heavy atom. The summed E-state index contributed by atoms with van der Waals surface area (Å²) in [6.45, 7) is 1.90. The molecule has 2 heterocycles. The van der Waals surface area contributed by atoms with Crippen LogP contribution in [0.1, 0.15) is 18.5 Å². The lowest BCUT2D eigenvalue weighted by molar-refractivity contribution is -0.146. The van der Waals surface area contributed by atoms with Gasteiger partial charge in [0, 0.05) is 25.6 Å². The minimum atomic E-state index is -4.43. The highest BCUT2D eigenvalue weighted by Crippen LogP contribution is 2.47. The fraction of sp³-hybridized carbons (Fsp3) is 0.727. The molecule has 2 aliphatic rings. The van der Waals surface area contributed by atoms with E-state index in [1.54, 1.807) is 0 Å². The van der Waals surface area contributed by atoms with Crippen molar-refractivity contribution < 1.29 is 17.9 Å². The second-order valence-electron chi connectivity index (χ2n) is 5.23. The van der Waals surface area contributed by atoms with E-state index in [9.17, 15) is 13.2 Å². The zero-order chi connectivity index (χ0) is 13.0. The summed E-state index contributed by atoms with van der Waals surface area (Å²) in [5.74, 6) is -0.155. The zero-order valence-electron chi connectivity index (χ0n) is 9.92. The molecule has 1 spiro atoms. The average Bonchev–Trinajstić information content (AvgIpc) is 2.48. The first-order valence-electron chi connectivity index (χ1n) is 5.86. The Bertz CT molecular complexity index is 457. The van der Waals surface area contributed by atoms with Gasteiger partial charge in [0.05, 0.1) is 6.20 Å². The molecule has 0 radical (unpaired) electrons. The number of nitrogens with one attached hydrogen (secondary N) is 1. The summed E-state index contributed by atoms with van der Waals surface area (Å²) in [6, 6.07) is 0. The van der Waals surface area contributed by atoms with Crippen molar-refractivity contribution in [2.24, 2.45) is 12.5 Å². The third kappa shape index (κ3) is 1.77. The molecule has 0 bridgehead atoms. The SMILES string of the molecule is Cn1ncc(OC2CC3(CNC3)C2)c1C(F)(F)F. The minimum Gasteiger partial charge on any atom is -0.486 e. The van der Waals surface area contributed by atoms with E-state index in [0.717, 1.165) is 36.8 Å². The fourth-order valence-corrected chi connectivity index (χ4v) is 2.76. The zero-order valence-corrected chi connectivity index (χ0v) is 9.92. The smallest absolute Gasteiger partial charge is 0.436 e. The van der Waals surface area contributed by atoms with Gasteiger partial charge in [-0.2, -0.15) is 18.3 Å². The second-order valence-corrected chi connectivity index (χ2v) is 5.23. The summed E-state index contributed by atoms with van der Waals surface area (Å²) in [6.07, 6.45) is -1.75. The molecule has 1 aromatic rings. The topological polar surface area (TPSA) is 39.1 Å². The van der Waals surface area contributed by atoms with Gasteiger partial charge in [-0.3, -0.25) is 4.68 Å². The van der Waals surface area contributed by atoms with Crippen LogP contribution in [-0.4, -0.2) is 29.0 Å². The van der Waals surface area contributed by atoms with Gasteiger partial charge in [-0.1, -0.05) is 0 Å². The van der Waals surface area contributed by atoms with Crippen molar-refractivity contribution in [3.63, 3.8) is 0 Å². The highest BCUT2D eigenvalue weighted by molar-refractivity contribution is 5.28. The van der Waals surface area contributed by atoms with Crippen LogP contribution in [-0.2, 0) is 13.2 Å². The van der Waals surface area contributed by atoms with E-state index in [-0.39, 0.29) is 17.3 Å². The fourth-order valence-electron chi connectivity index (χ4n) is 2.76. The first-order chi connectivity index (χ1) is 8.40. The van der Waals surface area contributed by atoms with Crippen molar-refractivity contribution in [1.82, 2.24) is 15.1 Å². The van der Waals surface area contributed by atoms with Crippen LogP contribution in [0.15, 0.2) is 6.20 Å². The third-order valence-corrected chi connectivity index (χ3v) is 3.79. The van der Waals surface area contributed by atoms with Crippen molar-refractivity contribution in [1.29, 1.82) is 0 Å². The van der Waals surface area contributed by atoms with Gasteiger partial charge >= 0.3 is 6.18 Å². The lowest BCUT2D eigenvalue weighted by Gasteiger charge is -2.53. The molecule has 2 fully saturated rings. The maximum Gasteiger partial charge on any atom is 0.436 e. The van der Waals surface area contributed by atoms with Crippen molar-refractivity contribution >= 4 is 0 Å². The maximum atomic E-state index is 12.8. The second kappa shape index (κ2) is 3.63. The van der Waals surface area contributed by atoms with Gasteiger partial charge < -0.3 is 10.1 Å². The molecule has 100 valence electrons. The molecule has 1 aliphatic carbocycles. The van der Waals surface area contributed by atoms with E-state index in [2.05, 4.69) is 10.4 Å². The Labute approximate surface area is 102 Å². The van der Waals surface area contributed by atoms with Crippen LogP contribution in [0.25, 0.3) is 0 Å². The van der Waals surface area contributed by atoms with Crippen molar-refractivity contribution in [2.45, 2.75) is 25.1 Å². The maximum absolute atomic E-state index is 12.8.